The van der Waals surface area contributed by atoms with Crippen LogP contribution in [0.15, 0.2) is 30.3 Å². The van der Waals surface area contributed by atoms with Gasteiger partial charge in [0.15, 0.2) is 0 Å². The summed E-state index contributed by atoms with van der Waals surface area (Å²) in [5.41, 5.74) is 1.62. The molecule has 1 N–H and O–H groups in total. The number of nitrogens with one attached hydrogen (secondary N) is 1. The lowest BCUT2D eigenvalue weighted by atomic mass is 9.87. The number of hydrogen-bond donors (Lipinski definition) is 1. The summed E-state index contributed by atoms with van der Waals surface area (Å²) < 4.78 is 29.7. The first-order chi connectivity index (χ1) is 21.1. The largest absolute Gasteiger partial charge is 0.493 e. The Balaban J connectivity index is 0.00000152. The van der Waals surface area contributed by atoms with Crippen LogP contribution in [-0.2, 0) is 4.74 Å². The fraction of sp³-hybridized carbons (Fsp3) is 0.629. The van der Waals surface area contributed by atoms with Gasteiger partial charge in [-0.3, -0.25) is 14.4 Å². The molecule has 2 aliphatic rings. The summed E-state index contributed by atoms with van der Waals surface area (Å²) in [4.78, 5) is 14.8. The lowest BCUT2D eigenvalue weighted by Crippen LogP contribution is -2.47. The Bertz CT molecular complexity index is 1120. The van der Waals surface area contributed by atoms with E-state index in [2.05, 4.69) is 23.5 Å². The molecule has 0 bridgehead atoms. The molecule has 0 aromatic heterocycles. The fourth-order valence-corrected chi connectivity index (χ4v) is 6.19. The molecule has 1 saturated carbocycles. The second-order valence-corrected chi connectivity index (χ2v) is 12.7. The summed E-state index contributed by atoms with van der Waals surface area (Å²) in [6.07, 6.45) is 3.96. The summed E-state index contributed by atoms with van der Waals surface area (Å²) in [6.45, 7) is 20.4. The maximum atomic E-state index is 14.9. The number of rotatable bonds is 11. The van der Waals surface area contributed by atoms with Gasteiger partial charge in [-0.05, 0) is 99.8 Å². The van der Waals surface area contributed by atoms with Crippen LogP contribution < -0.4 is 9.46 Å². The van der Waals surface area contributed by atoms with E-state index in [0.29, 0.717) is 34.2 Å². The number of carbonyl (C=O) groups is 1. The Labute approximate surface area is 281 Å². The molecule has 2 aromatic carbocycles. The number of nitrogens with zero attached hydrogens (tertiary/aromatic N) is 1. The molecular weight excluding hydrogens is 618 g/mol. The molecule has 1 saturated heterocycles. The summed E-state index contributed by atoms with van der Waals surface area (Å²) >= 11 is 13.9. The van der Waals surface area contributed by atoms with Crippen molar-refractivity contribution in [3.05, 3.63) is 62.9 Å². The molecule has 0 spiro atoms. The van der Waals surface area contributed by atoms with Crippen molar-refractivity contribution in [1.82, 2.24) is 9.62 Å². The maximum Gasteiger partial charge on any atom is 0.264 e. The van der Waals surface area contributed by atoms with Crippen LogP contribution in [0.1, 0.15) is 121 Å². The van der Waals surface area contributed by atoms with E-state index >= 15 is 0 Å². The van der Waals surface area contributed by atoms with Crippen LogP contribution in [-0.4, -0.2) is 49.0 Å². The average molecular weight is 674 g/mol. The van der Waals surface area contributed by atoms with E-state index in [1.54, 1.807) is 19.2 Å². The first-order valence-electron chi connectivity index (χ1n) is 16.3. The SMILES string of the molecule is CC.CC.CC.CCSNC(=O)c1cc(C2CC2)c(OCC2CCN(C(c3cc(Cl)cc(Cl)c3)C(C)(C)OC)CC2)cc1F. The summed E-state index contributed by atoms with van der Waals surface area (Å²) in [7, 11) is 1.73. The number of amides is 1. The minimum Gasteiger partial charge on any atom is -0.493 e. The lowest BCUT2D eigenvalue weighted by Gasteiger charge is -2.44. The number of piperidine rings is 1. The van der Waals surface area contributed by atoms with Crippen LogP contribution in [0.3, 0.4) is 0 Å². The molecule has 5 nitrogen and oxygen atoms in total. The molecule has 1 atom stereocenters. The maximum absolute atomic E-state index is 14.9. The number of benzene rings is 2. The molecule has 250 valence electrons. The van der Waals surface area contributed by atoms with E-state index in [0.717, 1.165) is 55.7 Å². The predicted molar refractivity (Wildman–Crippen MR) is 188 cm³/mol. The highest BCUT2D eigenvalue weighted by molar-refractivity contribution is 7.97. The van der Waals surface area contributed by atoms with E-state index in [1.807, 2.05) is 60.6 Å². The lowest BCUT2D eigenvalue weighted by molar-refractivity contribution is -0.0644. The van der Waals surface area contributed by atoms with E-state index in [9.17, 15) is 9.18 Å². The van der Waals surface area contributed by atoms with E-state index in [1.165, 1.54) is 18.0 Å². The van der Waals surface area contributed by atoms with Gasteiger partial charge in [0.25, 0.3) is 5.91 Å². The second-order valence-electron chi connectivity index (χ2n) is 10.7. The zero-order valence-corrected chi connectivity index (χ0v) is 30.8. The Kier molecular flexibility index (Phi) is 18.9. The number of halogens is 3. The Morgan fingerprint density at radius 1 is 1.00 bits per heavy atom. The Morgan fingerprint density at radius 2 is 1.57 bits per heavy atom. The van der Waals surface area contributed by atoms with Crippen LogP contribution in [0.2, 0.25) is 10.0 Å². The third-order valence-corrected chi connectivity index (χ3v) is 8.60. The van der Waals surface area contributed by atoms with Crippen molar-refractivity contribution in [3.8, 4) is 5.75 Å². The van der Waals surface area contributed by atoms with E-state index < -0.39 is 17.3 Å². The molecule has 9 heteroatoms. The molecule has 1 amide bonds. The zero-order valence-electron chi connectivity index (χ0n) is 28.5. The molecule has 2 aromatic rings. The summed E-state index contributed by atoms with van der Waals surface area (Å²) in [5.74, 6) is 1.03. The van der Waals surface area contributed by atoms with Crippen LogP contribution in [0.25, 0.3) is 0 Å². The van der Waals surface area contributed by atoms with Crippen molar-refractivity contribution >= 4 is 41.1 Å². The molecule has 1 heterocycles. The minimum absolute atomic E-state index is 0.00862. The first-order valence-corrected chi connectivity index (χ1v) is 18.0. The predicted octanol–water partition coefficient (Wildman–Crippen LogP) is 10.7. The van der Waals surface area contributed by atoms with Gasteiger partial charge >= 0.3 is 0 Å². The monoisotopic (exact) mass is 672 g/mol. The van der Waals surface area contributed by atoms with Crippen LogP contribution in [0, 0.1) is 11.7 Å². The smallest absolute Gasteiger partial charge is 0.264 e. The second kappa shape index (κ2) is 20.6. The normalized spacial score (nSPS) is 15.8. The minimum atomic E-state index is -0.543. The number of likely N-dealkylation sites (tertiary alicyclic amines) is 1. The molecule has 44 heavy (non-hydrogen) atoms. The summed E-state index contributed by atoms with van der Waals surface area (Å²) in [6, 6.07) is 8.75. The van der Waals surface area contributed by atoms with Gasteiger partial charge in [-0.2, -0.15) is 0 Å². The Morgan fingerprint density at radius 3 is 2.07 bits per heavy atom. The highest BCUT2D eigenvalue weighted by Gasteiger charge is 2.38. The fourth-order valence-electron chi connectivity index (χ4n) is 5.26. The molecule has 0 radical (unpaired) electrons. The standard InChI is InChI=1S/C29H37Cl2FN2O3S.3C2H6/c1-5-38-33-28(35)24-15-23(19-6-7-19)26(16-25(24)32)37-17-18-8-10-34(11-9-18)27(29(2,3)36-4)20-12-21(30)14-22(31)13-20;3*1-2/h12-16,18-19,27H,5-11,17H2,1-4H3,(H,33,35);3*1-2H3. The average Bonchev–Trinajstić information content (AvgIpc) is 3.87. The van der Waals surface area contributed by atoms with E-state index in [4.69, 9.17) is 32.7 Å². The molecular formula is C35H55Cl2FN2O3S. The van der Waals surface area contributed by atoms with Gasteiger partial charge in [-0.1, -0.05) is 83.6 Å². The molecule has 4 rings (SSSR count). The van der Waals surface area contributed by atoms with Gasteiger partial charge in [-0.25, -0.2) is 4.39 Å². The number of hydrogen-bond acceptors (Lipinski definition) is 5. The molecule has 1 aliphatic carbocycles. The third kappa shape index (κ3) is 11.7. The Hall–Kier alpha value is -1.51. The van der Waals surface area contributed by atoms with Gasteiger partial charge in [0.2, 0.25) is 0 Å². The molecule has 1 aliphatic heterocycles. The molecule has 1 unspecified atom stereocenters. The number of carbonyl (C=O) groups excluding carboxylic acids is 1. The van der Waals surface area contributed by atoms with Crippen molar-refractivity contribution in [2.75, 3.05) is 32.6 Å². The van der Waals surface area contributed by atoms with Crippen LogP contribution in [0.4, 0.5) is 4.39 Å². The number of methoxy groups -OCH3 is 1. The van der Waals surface area contributed by atoms with Gasteiger partial charge in [0, 0.05) is 29.0 Å². The van der Waals surface area contributed by atoms with Crippen molar-refractivity contribution in [3.63, 3.8) is 0 Å². The summed E-state index contributed by atoms with van der Waals surface area (Å²) in [5, 5.41) is 1.22. The van der Waals surface area contributed by atoms with Crippen LogP contribution >= 0.6 is 35.1 Å². The third-order valence-electron chi connectivity index (χ3n) is 7.54. The van der Waals surface area contributed by atoms with Gasteiger partial charge in [0.05, 0.1) is 23.8 Å². The van der Waals surface area contributed by atoms with Crippen molar-refractivity contribution < 1.29 is 18.7 Å². The van der Waals surface area contributed by atoms with E-state index in [-0.39, 0.29) is 11.6 Å². The van der Waals surface area contributed by atoms with Gasteiger partial charge < -0.3 is 9.47 Å². The zero-order chi connectivity index (χ0) is 33.4. The topological polar surface area (TPSA) is 50.8 Å². The highest BCUT2D eigenvalue weighted by atomic mass is 35.5. The van der Waals surface area contributed by atoms with Crippen molar-refractivity contribution in [2.45, 2.75) is 106 Å². The quantitative estimate of drug-likeness (QED) is 0.241. The first kappa shape index (κ1) is 40.5. The van der Waals surface area contributed by atoms with Gasteiger partial charge in [0.1, 0.15) is 11.6 Å². The van der Waals surface area contributed by atoms with Gasteiger partial charge in [-0.15, -0.1) is 0 Å². The molecule has 2 fully saturated rings. The number of ether oxygens (including phenoxy) is 2. The van der Waals surface area contributed by atoms with Crippen molar-refractivity contribution in [1.29, 1.82) is 0 Å². The highest BCUT2D eigenvalue weighted by Crippen LogP contribution is 2.45. The van der Waals surface area contributed by atoms with Crippen LogP contribution in [0.5, 0.6) is 5.75 Å². The van der Waals surface area contributed by atoms with Crippen molar-refractivity contribution in [2.24, 2.45) is 5.92 Å².